The van der Waals surface area contributed by atoms with Gasteiger partial charge >= 0.3 is 5.97 Å². The van der Waals surface area contributed by atoms with E-state index in [2.05, 4.69) is 6.07 Å². The number of hydrogen-bond donors (Lipinski definition) is 1. The minimum atomic E-state index is -1.19. The van der Waals surface area contributed by atoms with Crippen molar-refractivity contribution in [1.29, 1.82) is 0 Å². The van der Waals surface area contributed by atoms with E-state index in [0.29, 0.717) is 12.1 Å². The van der Waals surface area contributed by atoms with E-state index in [0.717, 1.165) is 50.2 Å². The molecule has 3 aromatic carbocycles. The average molecular weight is 472 g/mol. The fourth-order valence-electron chi connectivity index (χ4n) is 5.10. The molecule has 0 bridgehead atoms. The molecule has 1 aliphatic heterocycles. The van der Waals surface area contributed by atoms with Crippen LogP contribution in [0.1, 0.15) is 61.6 Å². The van der Waals surface area contributed by atoms with Crippen molar-refractivity contribution < 1.29 is 19.4 Å². The number of carboxylic acids is 1. The Morgan fingerprint density at radius 3 is 2.14 bits per heavy atom. The van der Waals surface area contributed by atoms with Crippen molar-refractivity contribution >= 4 is 17.6 Å². The second-order valence-electron chi connectivity index (χ2n) is 10.3. The lowest BCUT2D eigenvalue weighted by Crippen LogP contribution is -2.34. The second kappa shape index (κ2) is 8.97. The number of anilines is 1. The van der Waals surface area contributed by atoms with Crippen LogP contribution in [0.25, 0.3) is 22.3 Å². The maximum atomic E-state index is 12.8. The third-order valence-electron chi connectivity index (χ3n) is 6.58. The molecule has 0 aliphatic carbocycles. The van der Waals surface area contributed by atoms with E-state index in [9.17, 15) is 14.7 Å². The SMILES string of the molecule is CC(=O)N1Cc2ccccc2-c2c(C)c(-c3ccc(C)cc3)c([C@H](OC(C)(C)C)C(=O)O)c(C)c21. The van der Waals surface area contributed by atoms with Crippen molar-refractivity contribution in [2.75, 3.05) is 4.90 Å². The quantitative estimate of drug-likeness (QED) is 0.457. The van der Waals surface area contributed by atoms with Gasteiger partial charge in [-0.05, 0) is 74.9 Å². The molecule has 5 nitrogen and oxygen atoms in total. The van der Waals surface area contributed by atoms with Gasteiger partial charge in [0.25, 0.3) is 0 Å². The number of carbonyl (C=O) groups excluding carboxylic acids is 1. The van der Waals surface area contributed by atoms with E-state index in [4.69, 9.17) is 4.74 Å². The van der Waals surface area contributed by atoms with Crippen LogP contribution in [0.15, 0.2) is 48.5 Å². The van der Waals surface area contributed by atoms with Gasteiger partial charge in [-0.15, -0.1) is 0 Å². The number of fused-ring (bicyclic) bond motifs is 3. The summed E-state index contributed by atoms with van der Waals surface area (Å²) in [6.45, 7) is 13.5. The summed E-state index contributed by atoms with van der Waals surface area (Å²) in [4.78, 5) is 27.3. The van der Waals surface area contributed by atoms with Gasteiger partial charge in [-0.25, -0.2) is 4.79 Å². The molecule has 5 heteroatoms. The van der Waals surface area contributed by atoms with Gasteiger partial charge in [-0.2, -0.15) is 0 Å². The highest BCUT2D eigenvalue weighted by atomic mass is 16.5. The molecule has 0 spiro atoms. The van der Waals surface area contributed by atoms with Crippen LogP contribution >= 0.6 is 0 Å². The lowest BCUT2D eigenvalue weighted by molar-refractivity contribution is -0.160. The number of carbonyl (C=O) groups is 2. The van der Waals surface area contributed by atoms with Crippen LogP contribution in [0, 0.1) is 20.8 Å². The molecule has 1 aliphatic rings. The minimum Gasteiger partial charge on any atom is -0.479 e. The molecule has 1 atom stereocenters. The first-order chi connectivity index (χ1) is 16.4. The third kappa shape index (κ3) is 4.48. The van der Waals surface area contributed by atoms with Gasteiger partial charge in [-0.3, -0.25) is 4.79 Å². The molecule has 0 aromatic heterocycles. The normalized spacial score (nSPS) is 13.7. The van der Waals surface area contributed by atoms with Crippen LogP contribution in [0.2, 0.25) is 0 Å². The summed E-state index contributed by atoms with van der Waals surface area (Å²) >= 11 is 0. The first kappa shape index (κ1) is 24.7. The predicted molar refractivity (Wildman–Crippen MR) is 140 cm³/mol. The zero-order valence-electron chi connectivity index (χ0n) is 21.5. The molecule has 0 saturated heterocycles. The van der Waals surface area contributed by atoms with Crippen molar-refractivity contribution in [1.82, 2.24) is 0 Å². The average Bonchev–Trinajstić information content (AvgIpc) is 2.78. The van der Waals surface area contributed by atoms with Gasteiger partial charge < -0.3 is 14.7 Å². The van der Waals surface area contributed by atoms with E-state index < -0.39 is 17.7 Å². The lowest BCUT2D eigenvalue weighted by atomic mass is 9.79. The Morgan fingerprint density at radius 1 is 0.943 bits per heavy atom. The number of benzene rings is 3. The summed E-state index contributed by atoms with van der Waals surface area (Å²) in [6.07, 6.45) is -1.19. The Morgan fingerprint density at radius 2 is 1.57 bits per heavy atom. The third-order valence-corrected chi connectivity index (χ3v) is 6.58. The van der Waals surface area contributed by atoms with Crippen LogP contribution in [0.4, 0.5) is 5.69 Å². The lowest BCUT2D eigenvalue weighted by Gasteiger charge is -2.37. The number of nitrogens with zero attached hydrogens (tertiary/aromatic N) is 1. The fraction of sp³-hybridized carbons (Fsp3) is 0.333. The van der Waals surface area contributed by atoms with E-state index >= 15 is 0 Å². The highest BCUT2D eigenvalue weighted by molar-refractivity contribution is 6.04. The first-order valence-electron chi connectivity index (χ1n) is 11.9. The largest absolute Gasteiger partial charge is 0.479 e. The van der Waals surface area contributed by atoms with Crippen LogP contribution < -0.4 is 4.90 Å². The molecule has 0 unspecified atom stereocenters. The maximum absolute atomic E-state index is 12.8. The molecular weight excluding hydrogens is 438 g/mol. The predicted octanol–water partition coefficient (Wildman–Crippen LogP) is 6.75. The van der Waals surface area contributed by atoms with E-state index in [1.807, 2.05) is 84.0 Å². The monoisotopic (exact) mass is 471 g/mol. The van der Waals surface area contributed by atoms with Gasteiger partial charge in [0.05, 0.1) is 17.8 Å². The standard InChI is InChI=1S/C30H33NO4/c1-17-12-14-21(15-13-17)24-18(2)25-23-11-9-8-10-22(23)16-31(20(4)32)27(25)19(3)26(24)28(29(33)34)35-30(5,6)7/h8-15,28H,16H2,1-7H3,(H,33,34)/t28-/m0/s1. The zero-order chi connectivity index (χ0) is 25.7. The van der Waals surface area contributed by atoms with Crippen molar-refractivity contribution in [3.8, 4) is 22.3 Å². The Labute approximate surface area is 207 Å². The van der Waals surface area contributed by atoms with Gasteiger partial charge in [0, 0.05) is 18.1 Å². The topological polar surface area (TPSA) is 66.8 Å². The van der Waals surface area contributed by atoms with Gasteiger partial charge in [0.15, 0.2) is 6.10 Å². The van der Waals surface area contributed by atoms with Gasteiger partial charge in [0.1, 0.15) is 0 Å². The number of amides is 1. The Balaban J connectivity index is 2.17. The summed E-state index contributed by atoms with van der Waals surface area (Å²) in [5, 5.41) is 10.4. The minimum absolute atomic E-state index is 0.0825. The van der Waals surface area contributed by atoms with Crippen LogP contribution in [-0.2, 0) is 20.9 Å². The van der Waals surface area contributed by atoms with E-state index in [1.54, 1.807) is 11.8 Å². The number of carboxylic acid groups (broad SMARTS) is 1. The molecule has 1 amide bonds. The summed E-state index contributed by atoms with van der Waals surface area (Å²) in [6, 6.07) is 16.2. The molecule has 0 saturated carbocycles. The van der Waals surface area contributed by atoms with Crippen LogP contribution in [0.3, 0.4) is 0 Å². The molecule has 35 heavy (non-hydrogen) atoms. The molecular formula is C30H33NO4. The van der Waals surface area contributed by atoms with Crippen molar-refractivity contribution in [3.05, 3.63) is 76.3 Å². The maximum Gasteiger partial charge on any atom is 0.337 e. The zero-order valence-corrected chi connectivity index (χ0v) is 21.5. The number of hydrogen-bond acceptors (Lipinski definition) is 3. The fourth-order valence-corrected chi connectivity index (χ4v) is 5.10. The molecule has 4 rings (SSSR count). The summed E-state index contributed by atoms with van der Waals surface area (Å²) in [5.41, 5.74) is 8.38. The number of aryl methyl sites for hydroxylation is 1. The Bertz CT molecular complexity index is 1320. The smallest absolute Gasteiger partial charge is 0.337 e. The second-order valence-corrected chi connectivity index (χ2v) is 10.3. The Hall–Kier alpha value is -3.44. The summed E-state index contributed by atoms with van der Waals surface area (Å²) in [5.74, 6) is -1.14. The van der Waals surface area contributed by atoms with Gasteiger partial charge in [0.2, 0.25) is 5.91 Å². The number of aliphatic carboxylic acids is 1. The van der Waals surface area contributed by atoms with Gasteiger partial charge in [-0.1, -0.05) is 54.1 Å². The summed E-state index contributed by atoms with van der Waals surface area (Å²) in [7, 11) is 0. The molecule has 3 aromatic rings. The van der Waals surface area contributed by atoms with E-state index in [1.165, 1.54) is 0 Å². The van der Waals surface area contributed by atoms with E-state index in [-0.39, 0.29) is 5.91 Å². The summed E-state index contributed by atoms with van der Waals surface area (Å²) < 4.78 is 6.16. The highest BCUT2D eigenvalue weighted by Gasteiger charge is 2.37. The van der Waals surface area contributed by atoms with Crippen molar-refractivity contribution in [3.63, 3.8) is 0 Å². The molecule has 1 N–H and O–H groups in total. The molecule has 182 valence electrons. The highest BCUT2D eigenvalue weighted by Crippen LogP contribution is 2.50. The molecule has 1 heterocycles. The Kier molecular flexibility index (Phi) is 6.32. The first-order valence-corrected chi connectivity index (χ1v) is 11.9. The van der Waals surface area contributed by atoms with Crippen molar-refractivity contribution in [2.45, 2.75) is 66.7 Å². The van der Waals surface area contributed by atoms with Crippen LogP contribution in [-0.4, -0.2) is 22.6 Å². The number of rotatable bonds is 4. The number of ether oxygens (including phenoxy) is 1. The van der Waals surface area contributed by atoms with Crippen molar-refractivity contribution in [2.24, 2.45) is 0 Å². The molecule has 0 fully saturated rings. The van der Waals surface area contributed by atoms with Crippen LogP contribution in [0.5, 0.6) is 0 Å². The molecule has 0 radical (unpaired) electrons.